The van der Waals surface area contributed by atoms with Crippen LogP contribution in [0.4, 0.5) is 5.69 Å². The van der Waals surface area contributed by atoms with Gasteiger partial charge in [-0.3, -0.25) is 43.0 Å². The number of Topliss-reactive ketones (excluding diaryl/α,β-unsaturated/α-hetero) is 1. The normalized spacial score (nSPS) is 28.3. The zero-order valence-corrected chi connectivity index (χ0v) is 48.1. The summed E-state index contributed by atoms with van der Waals surface area (Å²) in [4.78, 5) is 119. The van der Waals surface area contributed by atoms with Crippen molar-refractivity contribution in [3.63, 3.8) is 0 Å². The molecule has 4 aliphatic rings. The van der Waals surface area contributed by atoms with E-state index in [1.165, 1.54) is 66.3 Å². The van der Waals surface area contributed by atoms with Crippen molar-refractivity contribution in [1.82, 2.24) is 15.1 Å². The molecule has 27 heteroatoms. The zero-order chi connectivity index (χ0) is 59.0. The number of aromatic hydroxyl groups is 2. The Morgan fingerprint density at radius 2 is 1.54 bits per heavy atom. The maximum Gasteiger partial charge on any atom is 0.360 e. The number of ketones is 1. The van der Waals surface area contributed by atoms with Crippen LogP contribution in [-0.4, -0.2) is 163 Å². The van der Waals surface area contributed by atoms with E-state index in [1.54, 1.807) is 39.1 Å². The number of aliphatic hydroxyl groups is 1. The monoisotopic (exact) mass is 1150 g/mol. The van der Waals surface area contributed by atoms with Gasteiger partial charge in [0.2, 0.25) is 11.4 Å². The van der Waals surface area contributed by atoms with Crippen LogP contribution in [0.25, 0.3) is 10.8 Å². The van der Waals surface area contributed by atoms with E-state index < -0.39 is 134 Å². The van der Waals surface area contributed by atoms with Crippen LogP contribution < -0.4 is 26.1 Å². The summed E-state index contributed by atoms with van der Waals surface area (Å²) >= 11 is 0. The smallest absolute Gasteiger partial charge is 0.360 e. The van der Waals surface area contributed by atoms with Gasteiger partial charge in [0, 0.05) is 93.6 Å². The number of nitrogens with one attached hydrogen (secondary N) is 2. The quantitative estimate of drug-likeness (QED) is 0.0838. The summed E-state index contributed by atoms with van der Waals surface area (Å²) in [6, 6.07) is 0. The standard InChI is InChI=1S/C52H74N6O19P2/c1-25(2)22-58-19-17-52(18-20-58)55-39-36-37-43(63)31(8)47-38(36)48(65)51(10,77-47)74-21-16-33(73-12)28(5)46(75-32(9)59)30(7)42(62)29(6)45(26(3)14-13-15-27(4)49(66)54-41(44(37)64)40(39)56-52)76-35(61)24-57(11)23-34(60)53-50(78(67,68)69)79(70,71)72/h13-16,21,25-26,28-30,33,42,45-46,50,55,62-64H,17-20,22-24H2,1-12H3,(H,53,60)(H2,67,68,69)(H2,70,71,72)/b14-13+,21-16+,27-15-,54-41?/t26-,28+,29-,30+,33-,42+,45-,46+,51-/m0/s1. The molecule has 0 unspecified atom stereocenters. The number of phenols is 2. The molecule has 436 valence electrons. The Kier molecular flexibility index (Phi) is 19.2. The van der Waals surface area contributed by atoms with Gasteiger partial charge in [-0.25, -0.2) is 4.99 Å². The lowest BCUT2D eigenvalue weighted by atomic mass is 9.78. The Labute approximate surface area is 457 Å². The predicted molar refractivity (Wildman–Crippen MR) is 285 cm³/mol. The van der Waals surface area contributed by atoms with Crippen molar-refractivity contribution in [3.8, 4) is 17.2 Å². The molecule has 4 aliphatic heterocycles. The lowest BCUT2D eigenvalue weighted by Crippen LogP contribution is -2.48. The average molecular weight is 1150 g/mol. The number of allylic oxidation sites excluding steroid dienone is 2. The van der Waals surface area contributed by atoms with Crippen LogP contribution in [0.1, 0.15) is 91.1 Å². The molecular weight excluding hydrogens is 1070 g/mol. The summed E-state index contributed by atoms with van der Waals surface area (Å²) in [6.45, 7) is 17.0. The number of nitrogens with zero attached hydrogens (tertiary/aromatic N) is 4. The molecule has 4 heterocycles. The van der Waals surface area contributed by atoms with E-state index in [1.807, 2.05) is 0 Å². The highest BCUT2D eigenvalue weighted by molar-refractivity contribution is 7.70. The maximum absolute atomic E-state index is 14.9. The number of esters is 2. The minimum atomic E-state index is -5.53. The molecule has 1 fully saturated rings. The number of aliphatic hydroxyl groups excluding tert-OH is 1. The van der Waals surface area contributed by atoms with Gasteiger partial charge in [-0.1, -0.05) is 59.8 Å². The Morgan fingerprint density at radius 3 is 2.13 bits per heavy atom. The van der Waals surface area contributed by atoms with Crippen molar-refractivity contribution in [2.75, 3.05) is 52.2 Å². The largest absolute Gasteiger partial charge is 0.507 e. The molecule has 0 aromatic heterocycles. The summed E-state index contributed by atoms with van der Waals surface area (Å²) in [6.07, 6.45) is 3.49. The Bertz CT molecular complexity index is 3030. The van der Waals surface area contributed by atoms with Crippen LogP contribution >= 0.6 is 15.2 Å². The number of hydrogen-bond donors (Lipinski definition) is 9. The number of ether oxygens (including phenoxy) is 5. The molecule has 9 N–H and O–H groups in total. The lowest BCUT2D eigenvalue weighted by Gasteiger charge is -2.39. The first kappa shape index (κ1) is 62.6. The number of fused-ring (bicyclic) bond motifs is 1. The molecule has 25 nitrogen and oxygen atoms in total. The number of likely N-dealkylation sites (N-methyl/N-ethyl adjacent to an activating group) is 1. The Hall–Kier alpha value is -5.59. The first-order chi connectivity index (χ1) is 36.6. The molecule has 2 aromatic carbocycles. The molecule has 0 radical (unpaired) electrons. The highest BCUT2D eigenvalue weighted by Gasteiger charge is 2.51. The van der Waals surface area contributed by atoms with Gasteiger partial charge in [-0.15, -0.1) is 0 Å². The number of likely N-dealkylation sites (tertiary alicyclic amines) is 1. The molecule has 2 amide bonds. The molecule has 9 atom stereocenters. The van der Waals surface area contributed by atoms with Crippen LogP contribution in [0.15, 0.2) is 46.1 Å². The highest BCUT2D eigenvalue weighted by Crippen LogP contribution is 2.58. The molecular formula is C52H74N6O19P2. The van der Waals surface area contributed by atoms with Crippen molar-refractivity contribution in [3.05, 3.63) is 58.0 Å². The third kappa shape index (κ3) is 13.6. The zero-order valence-electron chi connectivity index (χ0n) is 46.3. The molecule has 0 aliphatic carbocycles. The van der Waals surface area contributed by atoms with E-state index in [9.17, 15) is 68.0 Å². The molecule has 6 rings (SSSR count). The summed E-state index contributed by atoms with van der Waals surface area (Å²) < 4.78 is 53.7. The minimum Gasteiger partial charge on any atom is -0.507 e. The van der Waals surface area contributed by atoms with Crippen molar-refractivity contribution in [1.29, 1.82) is 0 Å². The summed E-state index contributed by atoms with van der Waals surface area (Å²) in [5.41, 5.74) is -3.44. The van der Waals surface area contributed by atoms with Crippen LogP contribution in [-0.2, 0) is 47.3 Å². The fraction of sp³-hybridized carbons (Fsp3) is 0.596. The van der Waals surface area contributed by atoms with Crippen molar-refractivity contribution >= 4 is 61.2 Å². The SMILES string of the molecule is CO[C@H]1/C=C/O[C@@]2(C)Oc3c(C)c(O)c4c(O)c(c5c(c4c3C2=O)NC2(CCN(CC(C)C)CC2)N=5)=NC(=O)/C(C)=C\C=C\[C@H](C)[C@H](OC(=O)CN(C)CC(=O)NC(P(=O)(O)O)P(=O)(O)O)[C@@H](C)[C@@H](O)[C@@H](C)[C@H](OC(C)=O)[C@@H]1C. The molecule has 4 bridgehead atoms. The van der Waals surface area contributed by atoms with E-state index in [0.717, 1.165) is 11.4 Å². The van der Waals surface area contributed by atoms with Gasteiger partial charge in [0.15, 0.2) is 5.75 Å². The van der Waals surface area contributed by atoms with E-state index >= 15 is 0 Å². The van der Waals surface area contributed by atoms with Crippen molar-refractivity contribution in [2.45, 2.75) is 123 Å². The molecule has 2 aromatic rings. The van der Waals surface area contributed by atoms with E-state index in [4.69, 9.17) is 28.7 Å². The van der Waals surface area contributed by atoms with Gasteiger partial charge < -0.3 is 74.1 Å². The Morgan fingerprint density at radius 1 is 0.924 bits per heavy atom. The van der Waals surface area contributed by atoms with Gasteiger partial charge in [-0.05, 0) is 32.9 Å². The van der Waals surface area contributed by atoms with Crippen LogP contribution in [0.3, 0.4) is 0 Å². The van der Waals surface area contributed by atoms with E-state index in [0.29, 0.717) is 31.8 Å². The molecule has 1 saturated heterocycles. The summed E-state index contributed by atoms with van der Waals surface area (Å²) in [5, 5.41) is 41.3. The third-order valence-electron chi connectivity index (χ3n) is 14.9. The lowest BCUT2D eigenvalue weighted by molar-refractivity contribution is -0.165. The third-order valence-corrected chi connectivity index (χ3v) is 18.2. The number of phenolic OH excluding ortho intramolecular Hbond substituents is 2. The first-order valence-electron chi connectivity index (χ1n) is 25.8. The van der Waals surface area contributed by atoms with Gasteiger partial charge in [-0.2, -0.15) is 0 Å². The van der Waals surface area contributed by atoms with E-state index in [-0.39, 0.29) is 49.6 Å². The van der Waals surface area contributed by atoms with Gasteiger partial charge >= 0.3 is 32.9 Å². The average Bonchev–Trinajstić information content (AvgIpc) is 4.12. The van der Waals surface area contributed by atoms with Crippen LogP contribution in [0.5, 0.6) is 17.2 Å². The number of piperidine rings is 1. The molecule has 0 saturated carbocycles. The summed E-state index contributed by atoms with van der Waals surface area (Å²) in [7, 11) is -8.43. The molecule has 1 spiro atoms. The van der Waals surface area contributed by atoms with Gasteiger partial charge in [0.1, 0.15) is 40.1 Å². The predicted octanol–water partition coefficient (Wildman–Crippen LogP) is 2.99. The van der Waals surface area contributed by atoms with Crippen molar-refractivity contribution in [2.24, 2.45) is 39.6 Å². The second-order valence-electron chi connectivity index (χ2n) is 21.7. The summed E-state index contributed by atoms with van der Waals surface area (Å²) in [5.74, 6) is -10.6. The number of anilines is 1. The highest BCUT2D eigenvalue weighted by atomic mass is 31.2. The number of rotatable bonds is 12. The van der Waals surface area contributed by atoms with E-state index in [2.05, 4.69) is 29.1 Å². The fourth-order valence-corrected chi connectivity index (χ4v) is 12.9. The second-order valence-corrected chi connectivity index (χ2v) is 25.5. The van der Waals surface area contributed by atoms with Crippen LogP contribution in [0, 0.1) is 36.5 Å². The molecule has 79 heavy (non-hydrogen) atoms. The van der Waals surface area contributed by atoms with Crippen molar-refractivity contribution < 1.29 is 91.7 Å². The number of benzene rings is 2. The minimum absolute atomic E-state index is 0.0187. The number of amides is 2. The number of hydrogen-bond acceptors (Lipinski definition) is 19. The second kappa shape index (κ2) is 24.2. The van der Waals surface area contributed by atoms with Crippen LogP contribution in [0.2, 0.25) is 0 Å². The maximum atomic E-state index is 14.9. The Balaban J connectivity index is 1.46. The fourth-order valence-electron chi connectivity index (χ4n) is 10.7. The number of carbonyl (C=O) groups excluding carboxylic acids is 5. The number of methoxy groups -OCH3 is 1. The topological polar surface area (TPSA) is 363 Å². The first-order valence-corrected chi connectivity index (χ1v) is 29.2. The van der Waals surface area contributed by atoms with Gasteiger partial charge in [0.05, 0.1) is 48.2 Å². The number of carbonyl (C=O) groups is 5. The van der Waals surface area contributed by atoms with Gasteiger partial charge in [0.25, 0.3) is 11.7 Å².